The zero-order valence-electron chi connectivity index (χ0n) is 10.8. The second kappa shape index (κ2) is 5.83. The number of hydrogen-bond donors (Lipinski definition) is 4. The summed E-state index contributed by atoms with van der Waals surface area (Å²) in [4.78, 5) is 19.8. The molecule has 0 unspecified atom stereocenters. The second-order valence-corrected chi connectivity index (χ2v) is 4.98. The fraction of sp³-hybridized carbons (Fsp3) is 0.583. The molecule has 7 heteroatoms. The van der Waals surface area contributed by atoms with E-state index in [-0.39, 0.29) is 23.6 Å². The van der Waals surface area contributed by atoms with Gasteiger partial charge < -0.3 is 22.5 Å². The molecule has 19 heavy (non-hydrogen) atoms. The molecule has 1 fully saturated rings. The van der Waals surface area contributed by atoms with Crippen LogP contribution in [0.25, 0.3) is 0 Å². The van der Waals surface area contributed by atoms with Gasteiger partial charge in [0.1, 0.15) is 11.6 Å². The first-order chi connectivity index (χ1) is 9.08. The minimum Gasteiger partial charge on any atom is -0.383 e. The van der Waals surface area contributed by atoms with Gasteiger partial charge in [-0.3, -0.25) is 4.79 Å². The van der Waals surface area contributed by atoms with Crippen molar-refractivity contribution < 1.29 is 4.79 Å². The van der Waals surface area contributed by atoms with Crippen molar-refractivity contribution in [3.05, 3.63) is 6.07 Å². The maximum Gasteiger partial charge on any atom is 0.228 e. The maximum atomic E-state index is 12.1. The number of rotatable bonds is 3. The zero-order chi connectivity index (χ0) is 13.8. The van der Waals surface area contributed by atoms with Gasteiger partial charge in [-0.25, -0.2) is 0 Å². The maximum absolute atomic E-state index is 12.1. The van der Waals surface area contributed by atoms with Crippen molar-refractivity contribution >= 4 is 23.5 Å². The fourth-order valence-electron chi connectivity index (χ4n) is 2.44. The zero-order valence-corrected chi connectivity index (χ0v) is 10.8. The topological polar surface area (TPSA) is 133 Å². The molecular formula is C12H20N6O. The summed E-state index contributed by atoms with van der Waals surface area (Å²) in [5.41, 5.74) is 16.7. The Morgan fingerprint density at radius 2 is 1.95 bits per heavy atom. The highest BCUT2D eigenvalue weighted by atomic mass is 16.1. The number of amides is 1. The molecule has 1 aliphatic rings. The summed E-state index contributed by atoms with van der Waals surface area (Å²) >= 11 is 0. The summed E-state index contributed by atoms with van der Waals surface area (Å²) in [6, 6.07) is 1.50. The molecule has 2 rings (SSSR count). The van der Waals surface area contributed by atoms with E-state index in [1.807, 2.05) is 0 Å². The smallest absolute Gasteiger partial charge is 0.228 e. The largest absolute Gasteiger partial charge is 0.383 e. The molecule has 0 aromatic carbocycles. The van der Waals surface area contributed by atoms with Crippen molar-refractivity contribution in [1.82, 2.24) is 9.97 Å². The van der Waals surface area contributed by atoms with Crippen molar-refractivity contribution in [3.8, 4) is 0 Å². The summed E-state index contributed by atoms with van der Waals surface area (Å²) in [6.07, 6.45) is 3.73. The number of hydrogen-bond acceptors (Lipinski definition) is 6. The van der Waals surface area contributed by atoms with E-state index >= 15 is 0 Å². The molecule has 0 atom stereocenters. The van der Waals surface area contributed by atoms with E-state index in [2.05, 4.69) is 15.3 Å². The number of nitrogen functional groups attached to an aromatic ring is 2. The highest BCUT2D eigenvalue weighted by Crippen LogP contribution is 2.28. The number of carbonyl (C=O) groups is 1. The Balaban J connectivity index is 1.94. The van der Waals surface area contributed by atoms with Gasteiger partial charge in [-0.2, -0.15) is 9.97 Å². The first kappa shape index (κ1) is 13.5. The molecule has 0 bridgehead atoms. The lowest BCUT2D eigenvalue weighted by Crippen LogP contribution is -2.29. The first-order valence-electron chi connectivity index (χ1n) is 6.49. The van der Waals surface area contributed by atoms with E-state index < -0.39 is 0 Å². The van der Waals surface area contributed by atoms with E-state index in [0.29, 0.717) is 18.3 Å². The van der Waals surface area contributed by atoms with Gasteiger partial charge in [0.25, 0.3) is 0 Å². The molecule has 0 radical (unpaired) electrons. The summed E-state index contributed by atoms with van der Waals surface area (Å²) < 4.78 is 0. The molecule has 7 N–H and O–H groups in total. The van der Waals surface area contributed by atoms with Gasteiger partial charge in [0.2, 0.25) is 11.9 Å². The van der Waals surface area contributed by atoms with Gasteiger partial charge in [0, 0.05) is 12.0 Å². The number of aromatic nitrogens is 2. The molecule has 104 valence electrons. The fourth-order valence-corrected chi connectivity index (χ4v) is 2.44. The van der Waals surface area contributed by atoms with E-state index in [1.54, 1.807) is 0 Å². The van der Waals surface area contributed by atoms with Crippen molar-refractivity contribution in [1.29, 1.82) is 0 Å². The molecule has 1 amide bonds. The number of nitrogens with zero attached hydrogens (tertiary/aromatic N) is 2. The van der Waals surface area contributed by atoms with Crippen molar-refractivity contribution in [2.45, 2.75) is 25.7 Å². The molecule has 0 spiro atoms. The molecule has 0 aliphatic heterocycles. The van der Waals surface area contributed by atoms with E-state index in [1.165, 1.54) is 6.07 Å². The van der Waals surface area contributed by atoms with Crippen molar-refractivity contribution in [2.75, 3.05) is 23.3 Å². The standard InChI is InChI=1S/C12H20N6O/c13-6-7-1-3-8(4-2-7)11(19)17-10-5-9(14)16-12(15)18-10/h5,7-8H,1-4,6,13H2,(H5,14,15,16,17,18,19)/t7-,8-. The minimum atomic E-state index is -0.0343. The van der Waals surface area contributed by atoms with Crippen LogP contribution in [0, 0.1) is 11.8 Å². The van der Waals surface area contributed by atoms with Gasteiger partial charge in [0.15, 0.2) is 0 Å². The predicted molar refractivity (Wildman–Crippen MR) is 74.0 cm³/mol. The van der Waals surface area contributed by atoms with Crippen molar-refractivity contribution in [3.63, 3.8) is 0 Å². The Labute approximate surface area is 112 Å². The molecule has 1 heterocycles. The number of carbonyl (C=O) groups excluding carboxylic acids is 1. The highest BCUT2D eigenvalue weighted by Gasteiger charge is 2.25. The number of anilines is 3. The first-order valence-corrected chi connectivity index (χ1v) is 6.49. The number of nitrogens with two attached hydrogens (primary N) is 3. The normalized spacial score (nSPS) is 23.0. The van der Waals surface area contributed by atoms with Crippen LogP contribution < -0.4 is 22.5 Å². The second-order valence-electron chi connectivity index (χ2n) is 4.98. The van der Waals surface area contributed by atoms with Crippen LogP contribution in [0.5, 0.6) is 0 Å². The third-order valence-electron chi connectivity index (χ3n) is 3.57. The van der Waals surface area contributed by atoms with Crippen LogP contribution >= 0.6 is 0 Å². The lowest BCUT2D eigenvalue weighted by atomic mass is 9.81. The average molecular weight is 264 g/mol. The van der Waals surface area contributed by atoms with Gasteiger partial charge in [-0.1, -0.05) is 0 Å². The number of nitrogens with one attached hydrogen (secondary N) is 1. The van der Waals surface area contributed by atoms with Crippen LogP contribution in [0.4, 0.5) is 17.6 Å². The van der Waals surface area contributed by atoms with Crippen LogP contribution in [0.2, 0.25) is 0 Å². The summed E-state index contributed by atoms with van der Waals surface area (Å²) in [7, 11) is 0. The van der Waals surface area contributed by atoms with Gasteiger partial charge in [-0.05, 0) is 38.1 Å². The van der Waals surface area contributed by atoms with Gasteiger partial charge in [-0.15, -0.1) is 0 Å². The Bertz CT molecular complexity index is 435. The van der Waals surface area contributed by atoms with E-state index in [9.17, 15) is 4.79 Å². The van der Waals surface area contributed by atoms with E-state index in [4.69, 9.17) is 17.2 Å². The SMILES string of the molecule is NC[C@H]1CC[C@H](C(=O)Nc2cc(N)nc(N)n2)CC1. The third-order valence-corrected chi connectivity index (χ3v) is 3.57. The van der Waals surface area contributed by atoms with Crippen LogP contribution in [-0.2, 0) is 4.79 Å². The molecule has 1 aromatic rings. The Kier molecular flexibility index (Phi) is 4.16. The van der Waals surface area contributed by atoms with Gasteiger partial charge >= 0.3 is 0 Å². The van der Waals surface area contributed by atoms with Crippen molar-refractivity contribution in [2.24, 2.45) is 17.6 Å². The minimum absolute atomic E-state index is 0.0141. The van der Waals surface area contributed by atoms with Gasteiger partial charge in [0.05, 0.1) is 0 Å². The molecule has 1 aromatic heterocycles. The monoisotopic (exact) mass is 264 g/mol. The summed E-state index contributed by atoms with van der Waals surface area (Å²) in [5.74, 6) is 1.19. The average Bonchev–Trinajstić information content (AvgIpc) is 2.37. The molecule has 7 nitrogen and oxygen atoms in total. The molecular weight excluding hydrogens is 244 g/mol. The Morgan fingerprint density at radius 3 is 2.53 bits per heavy atom. The Morgan fingerprint density at radius 1 is 1.26 bits per heavy atom. The van der Waals surface area contributed by atoms with Crippen LogP contribution in [-0.4, -0.2) is 22.4 Å². The predicted octanol–water partition coefficient (Wildman–Crippen LogP) is 0.345. The van der Waals surface area contributed by atoms with Crippen LogP contribution in [0.15, 0.2) is 6.07 Å². The van der Waals surface area contributed by atoms with Crippen LogP contribution in [0.3, 0.4) is 0 Å². The van der Waals surface area contributed by atoms with E-state index in [0.717, 1.165) is 25.7 Å². The lowest BCUT2D eigenvalue weighted by Gasteiger charge is -2.26. The molecule has 0 saturated heterocycles. The Hall–Kier alpha value is -1.89. The highest BCUT2D eigenvalue weighted by molar-refractivity contribution is 5.92. The quantitative estimate of drug-likeness (QED) is 0.622. The van der Waals surface area contributed by atoms with Crippen LogP contribution in [0.1, 0.15) is 25.7 Å². The summed E-state index contributed by atoms with van der Waals surface area (Å²) in [6.45, 7) is 0.702. The molecule has 1 aliphatic carbocycles. The lowest BCUT2D eigenvalue weighted by molar-refractivity contribution is -0.121. The third kappa shape index (κ3) is 3.54. The summed E-state index contributed by atoms with van der Waals surface area (Å²) in [5, 5.41) is 2.74. The molecule has 1 saturated carbocycles.